The summed E-state index contributed by atoms with van der Waals surface area (Å²) in [7, 11) is -3.71. The van der Waals surface area contributed by atoms with E-state index < -0.39 is 16.1 Å². The average Bonchev–Trinajstić information content (AvgIpc) is 2.27. The third-order valence-electron chi connectivity index (χ3n) is 2.23. The summed E-state index contributed by atoms with van der Waals surface area (Å²) in [5.41, 5.74) is 6.01. The molecule has 0 spiro atoms. The third kappa shape index (κ3) is 3.81. The molecule has 0 aliphatic heterocycles. The van der Waals surface area contributed by atoms with Crippen molar-refractivity contribution in [1.29, 1.82) is 0 Å². The molecule has 0 bridgehead atoms. The molecule has 1 amide bonds. The molecule has 5 N–H and O–H groups in total. The van der Waals surface area contributed by atoms with E-state index in [0.29, 0.717) is 12.1 Å². The molecule has 94 valence electrons. The molecule has 1 aromatic carbocycles. The van der Waals surface area contributed by atoms with Gasteiger partial charge in [-0.2, -0.15) is 0 Å². The number of anilines is 1. The van der Waals surface area contributed by atoms with Crippen LogP contribution in [0, 0.1) is 0 Å². The molecule has 0 unspecified atom stereocenters. The highest BCUT2D eigenvalue weighted by Gasteiger charge is 2.12. The van der Waals surface area contributed by atoms with Crippen molar-refractivity contribution in [2.75, 3.05) is 5.32 Å². The van der Waals surface area contributed by atoms with Crippen molar-refractivity contribution in [3.8, 4) is 0 Å². The van der Waals surface area contributed by atoms with E-state index in [-0.39, 0.29) is 10.8 Å². The summed E-state index contributed by atoms with van der Waals surface area (Å²) in [5.74, 6) is -0.309. The molecule has 7 heteroatoms. The lowest BCUT2D eigenvalue weighted by molar-refractivity contribution is -0.117. The van der Waals surface area contributed by atoms with E-state index in [4.69, 9.17) is 10.9 Å². The number of nitrogens with two attached hydrogens (primary N) is 2. The second kappa shape index (κ2) is 5.26. The van der Waals surface area contributed by atoms with E-state index >= 15 is 0 Å². The van der Waals surface area contributed by atoms with E-state index in [0.717, 1.165) is 0 Å². The largest absolute Gasteiger partial charge is 0.325 e. The van der Waals surface area contributed by atoms with Gasteiger partial charge in [0.25, 0.3) is 0 Å². The van der Waals surface area contributed by atoms with E-state index in [2.05, 4.69) is 5.32 Å². The molecule has 0 saturated carbocycles. The minimum Gasteiger partial charge on any atom is -0.325 e. The highest BCUT2D eigenvalue weighted by atomic mass is 32.2. The molecule has 1 atom stereocenters. The Labute approximate surface area is 100 Å². The lowest BCUT2D eigenvalue weighted by Crippen LogP contribution is -2.34. The quantitative estimate of drug-likeness (QED) is 0.704. The molecule has 17 heavy (non-hydrogen) atoms. The normalized spacial score (nSPS) is 13.1. The number of sulfonamides is 1. The maximum Gasteiger partial charge on any atom is 0.241 e. The fraction of sp³-hybridized carbons (Fsp3) is 0.300. The van der Waals surface area contributed by atoms with Crippen LogP contribution >= 0.6 is 0 Å². The standard InChI is InChI=1S/C10H15N3O3S/c1-2-9(11)10(14)13-7-3-5-8(6-4-7)17(12,15)16/h3-6,9H,2,11H2,1H3,(H,13,14)(H2,12,15,16)/t9-/m1/s1. The predicted octanol–water partition coefficient (Wildman–Crippen LogP) is 0.00980. The van der Waals surface area contributed by atoms with Crippen molar-refractivity contribution in [2.24, 2.45) is 10.9 Å². The first kappa shape index (κ1) is 13.6. The number of amides is 1. The number of rotatable bonds is 4. The summed E-state index contributed by atoms with van der Waals surface area (Å²) in [5, 5.41) is 7.51. The smallest absolute Gasteiger partial charge is 0.241 e. The van der Waals surface area contributed by atoms with Crippen LogP contribution in [-0.2, 0) is 14.8 Å². The third-order valence-corrected chi connectivity index (χ3v) is 3.16. The van der Waals surface area contributed by atoms with Gasteiger partial charge in [-0.1, -0.05) is 6.92 Å². The minimum atomic E-state index is -3.71. The van der Waals surface area contributed by atoms with Crippen LogP contribution in [0.15, 0.2) is 29.2 Å². The Morgan fingerprint density at radius 2 is 1.88 bits per heavy atom. The molecule has 0 aliphatic carbocycles. The summed E-state index contributed by atoms with van der Waals surface area (Å²) < 4.78 is 22.0. The molecule has 0 fully saturated rings. The molecular weight excluding hydrogens is 242 g/mol. The Hall–Kier alpha value is -1.44. The highest BCUT2D eigenvalue weighted by Crippen LogP contribution is 2.12. The molecule has 0 saturated heterocycles. The second-order valence-corrected chi connectivity index (χ2v) is 5.13. The highest BCUT2D eigenvalue weighted by molar-refractivity contribution is 7.89. The van der Waals surface area contributed by atoms with E-state index in [1.165, 1.54) is 24.3 Å². The van der Waals surface area contributed by atoms with Gasteiger partial charge in [0.1, 0.15) is 0 Å². The van der Waals surface area contributed by atoms with Crippen molar-refractivity contribution in [3.63, 3.8) is 0 Å². The predicted molar refractivity (Wildman–Crippen MR) is 64.7 cm³/mol. The van der Waals surface area contributed by atoms with E-state index in [9.17, 15) is 13.2 Å². The van der Waals surface area contributed by atoms with Gasteiger partial charge in [-0.25, -0.2) is 13.6 Å². The number of primary sulfonamides is 1. The number of hydrogen-bond acceptors (Lipinski definition) is 4. The molecule has 1 rings (SSSR count). The Balaban J connectivity index is 2.79. The van der Waals surface area contributed by atoms with Crippen molar-refractivity contribution < 1.29 is 13.2 Å². The van der Waals surface area contributed by atoms with Crippen LogP contribution in [0.2, 0.25) is 0 Å². The lowest BCUT2D eigenvalue weighted by Gasteiger charge is -2.10. The van der Waals surface area contributed by atoms with Gasteiger partial charge >= 0.3 is 0 Å². The van der Waals surface area contributed by atoms with Crippen LogP contribution in [0.1, 0.15) is 13.3 Å². The lowest BCUT2D eigenvalue weighted by atomic mass is 10.2. The minimum absolute atomic E-state index is 0.00436. The number of carbonyl (C=O) groups is 1. The summed E-state index contributed by atoms with van der Waals surface area (Å²) in [6, 6.07) is 4.98. The zero-order valence-corrected chi connectivity index (χ0v) is 10.2. The van der Waals surface area contributed by atoms with E-state index in [1.807, 2.05) is 0 Å². The van der Waals surface area contributed by atoms with Gasteiger partial charge in [0, 0.05) is 5.69 Å². The maximum absolute atomic E-state index is 11.4. The molecule has 0 aromatic heterocycles. The van der Waals surface area contributed by atoms with Crippen LogP contribution in [-0.4, -0.2) is 20.4 Å². The number of hydrogen-bond donors (Lipinski definition) is 3. The van der Waals surface area contributed by atoms with Crippen molar-refractivity contribution in [1.82, 2.24) is 0 Å². The van der Waals surface area contributed by atoms with Gasteiger partial charge < -0.3 is 11.1 Å². The number of benzene rings is 1. The van der Waals surface area contributed by atoms with Crippen LogP contribution in [0.4, 0.5) is 5.69 Å². The first-order chi connectivity index (χ1) is 7.84. The first-order valence-corrected chi connectivity index (χ1v) is 6.58. The zero-order chi connectivity index (χ0) is 13.1. The van der Waals surface area contributed by atoms with Crippen LogP contribution in [0.5, 0.6) is 0 Å². The molecule has 0 heterocycles. The molecule has 0 radical (unpaired) electrons. The van der Waals surface area contributed by atoms with Crippen molar-refractivity contribution in [2.45, 2.75) is 24.3 Å². The van der Waals surface area contributed by atoms with E-state index in [1.54, 1.807) is 6.92 Å². The number of carbonyl (C=O) groups excluding carboxylic acids is 1. The Morgan fingerprint density at radius 3 is 2.29 bits per heavy atom. The van der Waals surface area contributed by atoms with Gasteiger partial charge in [-0.15, -0.1) is 0 Å². The summed E-state index contributed by atoms with van der Waals surface area (Å²) in [4.78, 5) is 11.4. The Morgan fingerprint density at radius 1 is 1.35 bits per heavy atom. The number of nitrogens with one attached hydrogen (secondary N) is 1. The first-order valence-electron chi connectivity index (χ1n) is 5.04. The molecule has 6 nitrogen and oxygen atoms in total. The van der Waals surface area contributed by atoms with Crippen LogP contribution in [0.3, 0.4) is 0 Å². The maximum atomic E-state index is 11.4. The van der Waals surface area contributed by atoms with Gasteiger partial charge in [0.15, 0.2) is 0 Å². The monoisotopic (exact) mass is 257 g/mol. The fourth-order valence-electron chi connectivity index (χ4n) is 1.15. The molecule has 1 aromatic rings. The van der Waals surface area contributed by atoms with Crippen LogP contribution < -0.4 is 16.2 Å². The van der Waals surface area contributed by atoms with Gasteiger partial charge in [-0.3, -0.25) is 4.79 Å². The molecule has 0 aliphatic rings. The SMILES string of the molecule is CC[C@@H](N)C(=O)Nc1ccc(S(N)(=O)=O)cc1. The fourth-order valence-corrected chi connectivity index (χ4v) is 1.66. The Kier molecular flexibility index (Phi) is 4.22. The zero-order valence-electron chi connectivity index (χ0n) is 9.38. The summed E-state index contributed by atoms with van der Waals surface area (Å²) in [6.45, 7) is 1.80. The van der Waals surface area contributed by atoms with Crippen molar-refractivity contribution in [3.05, 3.63) is 24.3 Å². The molecular formula is C10H15N3O3S. The van der Waals surface area contributed by atoms with Gasteiger partial charge in [-0.05, 0) is 30.7 Å². The topological polar surface area (TPSA) is 115 Å². The van der Waals surface area contributed by atoms with Gasteiger partial charge in [0.05, 0.1) is 10.9 Å². The van der Waals surface area contributed by atoms with Crippen molar-refractivity contribution >= 4 is 21.6 Å². The average molecular weight is 257 g/mol. The summed E-state index contributed by atoms with van der Waals surface area (Å²) >= 11 is 0. The Bertz CT molecular complexity index is 496. The second-order valence-electron chi connectivity index (χ2n) is 3.57. The van der Waals surface area contributed by atoms with Crippen LogP contribution in [0.25, 0.3) is 0 Å². The van der Waals surface area contributed by atoms with Gasteiger partial charge in [0.2, 0.25) is 15.9 Å². The summed E-state index contributed by atoms with van der Waals surface area (Å²) in [6.07, 6.45) is 0.529.